The van der Waals surface area contributed by atoms with E-state index in [9.17, 15) is 0 Å². The van der Waals surface area contributed by atoms with Crippen molar-refractivity contribution < 1.29 is 9.47 Å². The minimum absolute atomic E-state index is 0.322. The Kier molecular flexibility index (Phi) is 4.78. The largest absolute Gasteiger partial charge is 0.486 e. The molecule has 2 atom stereocenters. The van der Waals surface area contributed by atoms with Crippen molar-refractivity contribution in [3.8, 4) is 11.5 Å². The van der Waals surface area contributed by atoms with Crippen LogP contribution in [0.4, 0.5) is 0 Å². The first-order chi connectivity index (χ1) is 8.70. The smallest absolute Gasteiger partial charge is 0.161 e. The Morgan fingerprint density at radius 3 is 2.67 bits per heavy atom. The molecule has 1 aliphatic rings. The lowest BCUT2D eigenvalue weighted by atomic mass is 10.1. The van der Waals surface area contributed by atoms with Crippen LogP contribution in [0.15, 0.2) is 18.2 Å². The van der Waals surface area contributed by atoms with Crippen LogP contribution in [0, 0.1) is 0 Å². The van der Waals surface area contributed by atoms with Gasteiger partial charge in [-0.25, -0.2) is 0 Å². The number of ether oxygens (including phenoxy) is 2. The predicted octanol–water partition coefficient (Wildman–Crippen LogP) is 2.86. The molecule has 100 valence electrons. The highest BCUT2D eigenvalue weighted by atomic mass is 32.2. The van der Waals surface area contributed by atoms with Gasteiger partial charge in [0, 0.05) is 17.8 Å². The van der Waals surface area contributed by atoms with Crippen LogP contribution in [0.3, 0.4) is 0 Å². The molecule has 1 N–H and O–H groups in total. The first-order valence-corrected chi connectivity index (χ1v) is 7.74. The van der Waals surface area contributed by atoms with Crippen LogP contribution < -0.4 is 14.8 Å². The summed E-state index contributed by atoms with van der Waals surface area (Å²) in [4.78, 5) is 0. The third-order valence-corrected chi connectivity index (χ3v) is 3.85. The van der Waals surface area contributed by atoms with E-state index in [1.807, 2.05) is 17.8 Å². The predicted molar refractivity (Wildman–Crippen MR) is 76.8 cm³/mol. The van der Waals surface area contributed by atoms with E-state index in [0.717, 1.165) is 17.3 Å². The van der Waals surface area contributed by atoms with Crippen molar-refractivity contribution in [2.24, 2.45) is 0 Å². The number of rotatable bonds is 5. The van der Waals surface area contributed by atoms with Gasteiger partial charge in [0.15, 0.2) is 11.5 Å². The molecule has 2 rings (SSSR count). The fraction of sp³-hybridized carbons (Fsp3) is 0.571. The van der Waals surface area contributed by atoms with Crippen molar-refractivity contribution in [3.05, 3.63) is 23.8 Å². The molecule has 0 aliphatic carbocycles. The first-order valence-electron chi connectivity index (χ1n) is 6.35. The number of nitrogens with one attached hydrogen (secondary N) is 1. The summed E-state index contributed by atoms with van der Waals surface area (Å²) < 4.78 is 11.1. The van der Waals surface area contributed by atoms with E-state index in [1.54, 1.807) is 0 Å². The molecule has 0 spiro atoms. The van der Waals surface area contributed by atoms with Crippen LogP contribution in [0.2, 0.25) is 0 Å². The van der Waals surface area contributed by atoms with Gasteiger partial charge in [-0.2, -0.15) is 11.8 Å². The summed E-state index contributed by atoms with van der Waals surface area (Å²) in [6.07, 6.45) is 2.13. The molecule has 1 aromatic carbocycles. The van der Waals surface area contributed by atoms with E-state index in [4.69, 9.17) is 9.47 Å². The summed E-state index contributed by atoms with van der Waals surface area (Å²) in [5.41, 5.74) is 1.24. The van der Waals surface area contributed by atoms with Gasteiger partial charge in [-0.1, -0.05) is 6.07 Å². The molecule has 1 heterocycles. The third-order valence-electron chi connectivity index (χ3n) is 3.02. The molecule has 0 saturated carbocycles. The van der Waals surface area contributed by atoms with E-state index in [-0.39, 0.29) is 0 Å². The highest BCUT2D eigenvalue weighted by molar-refractivity contribution is 7.98. The van der Waals surface area contributed by atoms with Gasteiger partial charge in [0.05, 0.1) is 0 Å². The first kappa shape index (κ1) is 13.6. The molecule has 18 heavy (non-hydrogen) atoms. The third kappa shape index (κ3) is 3.33. The average molecular weight is 267 g/mol. The van der Waals surface area contributed by atoms with E-state index < -0.39 is 0 Å². The zero-order valence-electron chi connectivity index (χ0n) is 11.2. The lowest BCUT2D eigenvalue weighted by molar-refractivity contribution is 0.171. The van der Waals surface area contributed by atoms with Gasteiger partial charge in [-0.05, 0) is 37.8 Å². The van der Waals surface area contributed by atoms with Gasteiger partial charge in [-0.15, -0.1) is 0 Å². The monoisotopic (exact) mass is 267 g/mol. The van der Waals surface area contributed by atoms with Crippen molar-refractivity contribution in [3.63, 3.8) is 0 Å². The van der Waals surface area contributed by atoms with Gasteiger partial charge in [0.25, 0.3) is 0 Å². The second-order valence-corrected chi connectivity index (χ2v) is 5.56. The second kappa shape index (κ2) is 6.34. The number of thioether (sulfide) groups is 1. The molecule has 4 heteroatoms. The zero-order valence-corrected chi connectivity index (χ0v) is 12.0. The number of hydrogen-bond donors (Lipinski definition) is 1. The van der Waals surface area contributed by atoms with Gasteiger partial charge in [-0.3, -0.25) is 0 Å². The Hall–Kier alpha value is -0.870. The number of hydrogen-bond acceptors (Lipinski definition) is 4. The normalized spacial score (nSPS) is 17.3. The Labute approximate surface area is 113 Å². The summed E-state index contributed by atoms with van der Waals surface area (Å²) in [6.45, 7) is 5.68. The van der Waals surface area contributed by atoms with Crippen molar-refractivity contribution in [2.45, 2.75) is 25.9 Å². The fourth-order valence-corrected chi connectivity index (χ4v) is 2.75. The average Bonchev–Trinajstić information content (AvgIpc) is 2.38. The Bertz CT molecular complexity index is 397. The standard InChI is InChI=1S/C14H21NO2S/c1-10(9-18-3)15-11(2)12-4-5-13-14(8-12)17-7-6-16-13/h4-5,8,10-11,15H,6-7,9H2,1-3H3. The van der Waals surface area contributed by atoms with E-state index >= 15 is 0 Å². The van der Waals surface area contributed by atoms with Crippen molar-refractivity contribution in [1.29, 1.82) is 0 Å². The molecule has 0 saturated heterocycles. The molecule has 1 aliphatic heterocycles. The molecule has 0 radical (unpaired) electrons. The number of benzene rings is 1. The summed E-state index contributed by atoms with van der Waals surface area (Å²) in [7, 11) is 0. The Morgan fingerprint density at radius 1 is 1.22 bits per heavy atom. The van der Waals surface area contributed by atoms with E-state index in [2.05, 4.69) is 37.6 Å². The molecule has 0 bridgehead atoms. The van der Waals surface area contributed by atoms with Crippen molar-refractivity contribution >= 4 is 11.8 Å². The minimum Gasteiger partial charge on any atom is -0.486 e. The minimum atomic E-state index is 0.322. The van der Waals surface area contributed by atoms with Gasteiger partial charge < -0.3 is 14.8 Å². The van der Waals surface area contributed by atoms with E-state index in [1.165, 1.54) is 5.56 Å². The maximum atomic E-state index is 5.61. The molecular weight excluding hydrogens is 246 g/mol. The molecule has 2 unspecified atom stereocenters. The second-order valence-electron chi connectivity index (χ2n) is 4.65. The van der Waals surface area contributed by atoms with Crippen LogP contribution in [0.5, 0.6) is 11.5 Å². The highest BCUT2D eigenvalue weighted by Gasteiger charge is 2.15. The summed E-state index contributed by atoms with van der Waals surface area (Å²) >= 11 is 1.86. The van der Waals surface area contributed by atoms with Crippen LogP contribution in [0.25, 0.3) is 0 Å². The van der Waals surface area contributed by atoms with Gasteiger partial charge >= 0.3 is 0 Å². The Balaban J connectivity index is 2.04. The van der Waals surface area contributed by atoms with Crippen LogP contribution >= 0.6 is 11.8 Å². The molecule has 1 aromatic rings. The lowest BCUT2D eigenvalue weighted by Crippen LogP contribution is -2.30. The molecule has 0 amide bonds. The van der Waals surface area contributed by atoms with Crippen LogP contribution in [-0.2, 0) is 0 Å². The lowest BCUT2D eigenvalue weighted by Gasteiger charge is -2.23. The maximum absolute atomic E-state index is 5.61. The van der Waals surface area contributed by atoms with Crippen LogP contribution in [0.1, 0.15) is 25.5 Å². The zero-order chi connectivity index (χ0) is 13.0. The summed E-state index contributed by atoms with van der Waals surface area (Å²) in [6, 6.07) is 7.02. The summed E-state index contributed by atoms with van der Waals surface area (Å²) in [5.74, 6) is 2.84. The quantitative estimate of drug-likeness (QED) is 0.888. The molecule has 0 aromatic heterocycles. The highest BCUT2D eigenvalue weighted by Crippen LogP contribution is 2.32. The Morgan fingerprint density at radius 2 is 1.94 bits per heavy atom. The van der Waals surface area contributed by atoms with Crippen LogP contribution in [-0.4, -0.2) is 31.3 Å². The maximum Gasteiger partial charge on any atom is 0.161 e. The van der Waals surface area contributed by atoms with E-state index in [0.29, 0.717) is 25.3 Å². The fourth-order valence-electron chi connectivity index (χ4n) is 2.15. The molecule has 0 fully saturated rings. The van der Waals surface area contributed by atoms with Gasteiger partial charge in [0.1, 0.15) is 13.2 Å². The molecular formula is C14H21NO2S. The topological polar surface area (TPSA) is 30.5 Å². The SMILES string of the molecule is CSCC(C)NC(C)c1ccc2c(c1)OCCO2. The summed E-state index contributed by atoms with van der Waals surface area (Å²) in [5, 5.41) is 3.59. The van der Waals surface area contributed by atoms with Crippen molar-refractivity contribution in [2.75, 3.05) is 25.2 Å². The van der Waals surface area contributed by atoms with Gasteiger partial charge in [0.2, 0.25) is 0 Å². The van der Waals surface area contributed by atoms with Crippen molar-refractivity contribution in [1.82, 2.24) is 5.32 Å². The number of fused-ring (bicyclic) bond motifs is 1. The molecule has 3 nitrogen and oxygen atoms in total.